The molecule has 2 aromatic carbocycles. The van der Waals surface area contributed by atoms with Gasteiger partial charge in [-0.1, -0.05) is 30.3 Å². The summed E-state index contributed by atoms with van der Waals surface area (Å²) < 4.78 is 5.47. The molecule has 2 heterocycles. The number of carbonyl (C=O) groups is 2. The van der Waals surface area contributed by atoms with Crippen molar-refractivity contribution in [3.05, 3.63) is 54.1 Å². The number of rotatable bonds is 5. The van der Waals surface area contributed by atoms with Gasteiger partial charge in [0.25, 0.3) is 5.91 Å². The molecule has 0 atom stereocenters. The van der Waals surface area contributed by atoms with Crippen LogP contribution < -0.4 is 14.5 Å². The van der Waals surface area contributed by atoms with Crippen LogP contribution in [-0.2, 0) is 9.59 Å². The van der Waals surface area contributed by atoms with E-state index in [2.05, 4.69) is 36.1 Å². The van der Waals surface area contributed by atoms with Crippen LogP contribution in [0.3, 0.4) is 0 Å². The Kier molecular flexibility index (Phi) is 5.69. The van der Waals surface area contributed by atoms with E-state index >= 15 is 0 Å². The lowest BCUT2D eigenvalue weighted by atomic mass is 10.1. The van der Waals surface area contributed by atoms with Gasteiger partial charge in [0.2, 0.25) is 5.91 Å². The summed E-state index contributed by atoms with van der Waals surface area (Å²) in [6.45, 7) is 5.91. The number of hydrogen-bond acceptors (Lipinski definition) is 4. The average molecular weight is 393 g/mol. The number of amides is 2. The molecule has 0 unspecified atom stereocenters. The number of ether oxygens (including phenoxy) is 1. The minimum atomic E-state index is -0.0528. The smallest absolute Gasteiger partial charge is 0.265 e. The van der Waals surface area contributed by atoms with Crippen LogP contribution in [0.25, 0.3) is 0 Å². The molecule has 1 saturated heterocycles. The number of nitrogens with zero attached hydrogens (tertiary/aromatic N) is 3. The van der Waals surface area contributed by atoms with E-state index in [4.69, 9.17) is 4.74 Å². The molecule has 0 aromatic heterocycles. The van der Waals surface area contributed by atoms with Crippen molar-refractivity contribution >= 4 is 23.2 Å². The molecule has 2 amide bonds. The number of hydrogen-bond donors (Lipinski definition) is 0. The summed E-state index contributed by atoms with van der Waals surface area (Å²) in [6, 6.07) is 15.9. The molecule has 0 bridgehead atoms. The molecule has 0 spiro atoms. The minimum absolute atomic E-state index is 0.0528. The van der Waals surface area contributed by atoms with Crippen LogP contribution in [0.1, 0.15) is 18.4 Å². The molecular weight excluding hydrogens is 366 g/mol. The first-order chi connectivity index (χ1) is 14.1. The Balaban J connectivity index is 1.27. The molecule has 2 aliphatic rings. The maximum Gasteiger partial charge on any atom is 0.265 e. The van der Waals surface area contributed by atoms with Gasteiger partial charge in [-0.3, -0.25) is 9.59 Å². The van der Waals surface area contributed by atoms with Crippen molar-refractivity contribution < 1.29 is 14.3 Å². The van der Waals surface area contributed by atoms with Gasteiger partial charge in [0.05, 0.1) is 5.69 Å². The second kappa shape index (κ2) is 8.55. The van der Waals surface area contributed by atoms with Crippen molar-refractivity contribution in [3.8, 4) is 5.75 Å². The number of carbonyl (C=O) groups excluding carboxylic acids is 2. The van der Waals surface area contributed by atoms with E-state index in [-0.39, 0.29) is 18.4 Å². The van der Waals surface area contributed by atoms with Gasteiger partial charge in [-0.15, -0.1) is 0 Å². The quantitative estimate of drug-likeness (QED) is 0.784. The van der Waals surface area contributed by atoms with Crippen LogP contribution in [0.2, 0.25) is 0 Å². The standard InChI is InChI=1S/C23H27N3O3/c1-18-7-2-3-8-19(18)24-13-15-25(16-14-24)22(27)11-6-12-26-20-9-4-5-10-21(20)29-17-23(26)28/h2-5,7-10H,6,11-17H2,1H3. The van der Waals surface area contributed by atoms with Crippen LogP contribution in [-0.4, -0.2) is 56.0 Å². The van der Waals surface area contributed by atoms with Crippen molar-refractivity contribution in [3.63, 3.8) is 0 Å². The summed E-state index contributed by atoms with van der Waals surface area (Å²) in [7, 11) is 0. The molecule has 6 heteroatoms. The minimum Gasteiger partial charge on any atom is -0.482 e. The maximum absolute atomic E-state index is 12.7. The van der Waals surface area contributed by atoms with E-state index in [0.717, 1.165) is 37.6 Å². The van der Waals surface area contributed by atoms with Crippen LogP contribution in [0.4, 0.5) is 11.4 Å². The van der Waals surface area contributed by atoms with Crippen molar-refractivity contribution in [2.24, 2.45) is 0 Å². The van der Waals surface area contributed by atoms with Gasteiger partial charge in [0.1, 0.15) is 5.75 Å². The first-order valence-electron chi connectivity index (χ1n) is 10.2. The lowest BCUT2D eigenvalue weighted by Crippen LogP contribution is -2.49. The number of aryl methyl sites for hydroxylation is 1. The van der Waals surface area contributed by atoms with E-state index in [1.807, 2.05) is 29.2 Å². The first-order valence-corrected chi connectivity index (χ1v) is 10.2. The van der Waals surface area contributed by atoms with Gasteiger partial charge in [0.15, 0.2) is 6.61 Å². The lowest BCUT2D eigenvalue weighted by molar-refractivity contribution is -0.131. The van der Waals surface area contributed by atoms with E-state index in [1.54, 1.807) is 4.90 Å². The molecular formula is C23H27N3O3. The molecule has 0 N–H and O–H groups in total. The highest BCUT2D eigenvalue weighted by Crippen LogP contribution is 2.31. The lowest BCUT2D eigenvalue weighted by Gasteiger charge is -2.37. The molecule has 6 nitrogen and oxygen atoms in total. The summed E-state index contributed by atoms with van der Waals surface area (Å²) in [4.78, 5) is 30.9. The topological polar surface area (TPSA) is 53.1 Å². The van der Waals surface area contributed by atoms with Crippen LogP contribution in [0.15, 0.2) is 48.5 Å². The van der Waals surface area contributed by atoms with E-state index in [1.165, 1.54) is 11.3 Å². The molecule has 0 saturated carbocycles. The monoisotopic (exact) mass is 393 g/mol. The highest BCUT2D eigenvalue weighted by Gasteiger charge is 2.26. The van der Waals surface area contributed by atoms with Crippen LogP contribution in [0, 0.1) is 6.92 Å². The van der Waals surface area contributed by atoms with Crippen molar-refractivity contribution in [1.29, 1.82) is 0 Å². The number of anilines is 2. The summed E-state index contributed by atoms with van der Waals surface area (Å²) >= 11 is 0. The van der Waals surface area contributed by atoms with Crippen LogP contribution >= 0.6 is 0 Å². The largest absolute Gasteiger partial charge is 0.482 e. The molecule has 2 aliphatic heterocycles. The Morgan fingerprint density at radius 2 is 1.66 bits per heavy atom. The fraction of sp³-hybridized carbons (Fsp3) is 0.391. The predicted octanol–water partition coefficient (Wildman–Crippen LogP) is 2.85. The second-order valence-electron chi connectivity index (χ2n) is 7.56. The van der Waals surface area contributed by atoms with Gasteiger partial charge < -0.3 is 19.4 Å². The average Bonchev–Trinajstić information content (AvgIpc) is 2.75. The molecule has 0 aliphatic carbocycles. The third-order valence-electron chi connectivity index (χ3n) is 5.67. The normalized spacial score (nSPS) is 16.4. The van der Waals surface area contributed by atoms with Crippen molar-refractivity contribution in [2.45, 2.75) is 19.8 Å². The third kappa shape index (κ3) is 4.21. The van der Waals surface area contributed by atoms with Crippen molar-refractivity contribution in [2.75, 3.05) is 49.1 Å². The zero-order chi connectivity index (χ0) is 20.2. The third-order valence-corrected chi connectivity index (χ3v) is 5.67. The first kappa shape index (κ1) is 19.3. The fourth-order valence-electron chi connectivity index (χ4n) is 4.06. The molecule has 0 radical (unpaired) electrons. The van der Waals surface area contributed by atoms with E-state index in [0.29, 0.717) is 19.4 Å². The molecule has 29 heavy (non-hydrogen) atoms. The second-order valence-corrected chi connectivity index (χ2v) is 7.56. The number of fused-ring (bicyclic) bond motifs is 1. The number of benzene rings is 2. The zero-order valence-electron chi connectivity index (χ0n) is 16.8. The van der Waals surface area contributed by atoms with Crippen LogP contribution in [0.5, 0.6) is 5.75 Å². The van der Waals surface area contributed by atoms with E-state index < -0.39 is 0 Å². The molecule has 1 fully saturated rings. The summed E-state index contributed by atoms with van der Waals surface area (Å²) in [6.07, 6.45) is 1.11. The number of para-hydroxylation sites is 3. The Labute approximate surface area is 171 Å². The highest BCUT2D eigenvalue weighted by atomic mass is 16.5. The fourth-order valence-corrected chi connectivity index (χ4v) is 4.06. The summed E-state index contributed by atoms with van der Waals surface area (Å²) in [5.41, 5.74) is 3.31. The Hall–Kier alpha value is -3.02. The van der Waals surface area contributed by atoms with Gasteiger partial charge in [-0.25, -0.2) is 0 Å². The Bertz CT molecular complexity index is 890. The molecule has 4 rings (SSSR count). The molecule has 152 valence electrons. The predicted molar refractivity (Wildman–Crippen MR) is 113 cm³/mol. The maximum atomic E-state index is 12.7. The summed E-state index contributed by atoms with van der Waals surface area (Å²) in [5, 5.41) is 0. The molecule has 2 aromatic rings. The highest BCUT2D eigenvalue weighted by molar-refractivity contribution is 5.97. The van der Waals surface area contributed by atoms with Gasteiger partial charge in [0, 0.05) is 44.8 Å². The zero-order valence-corrected chi connectivity index (χ0v) is 16.8. The summed E-state index contributed by atoms with van der Waals surface area (Å²) in [5.74, 6) is 0.845. The van der Waals surface area contributed by atoms with Gasteiger partial charge in [-0.05, 0) is 37.1 Å². The van der Waals surface area contributed by atoms with E-state index in [9.17, 15) is 9.59 Å². The van der Waals surface area contributed by atoms with Crippen molar-refractivity contribution in [1.82, 2.24) is 4.90 Å². The Morgan fingerprint density at radius 3 is 2.41 bits per heavy atom. The number of piperazine rings is 1. The Morgan fingerprint density at radius 1 is 0.966 bits per heavy atom. The van der Waals surface area contributed by atoms with Gasteiger partial charge >= 0.3 is 0 Å². The van der Waals surface area contributed by atoms with Gasteiger partial charge in [-0.2, -0.15) is 0 Å². The SMILES string of the molecule is Cc1ccccc1N1CCN(C(=O)CCCN2C(=O)COc3ccccc32)CC1.